The van der Waals surface area contributed by atoms with Gasteiger partial charge in [0.15, 0.2) is 6.10 Å². The third-order valence-electron chi connectivity index (χ3n) is 3.82. The fourth-order valence-electron chi connectivity index (χ4n) is 2.48. The summed E-state index contributed by atoms with van der Waals surface area (Å²) in [5, 5.41) is 2.61. The highest BCUT2D eigenvalue weighted by molar-refractivity contribution is 7.90. The van der Waals surface area contributed by atoms with Crippen LogP contribution >= 0.6 is 0 Å². The number of carbonyl (C=O) groups excluding carboxylic acids is 2. The predicted molar refractivity (Wildman–Crippen MR) is 93.4 cm³/mol. The van der Waals surface area contributed by atoms with Gasteiger partial charge in [-0.3, -0.25) is 14.6 Å². The summed E-state index contributed by atoms with van der Waals surface area (Å²) in [7, 11) is -4.12. The average Bonchev–Trinajstić information content (AvgIpc) is 2.60. The van der Waals surface area contributed by atoms with Crippen molar-refractivity contribution >= 4 is 27.5 Å². The molecule has 1 aromatic heterocycles. The molecule has 0 radical (unpaired) electrons. The molecule has 2 heterocycles. The molecule has 26 heavy (non-hydrogen) atoms. The van der Waals surface area contributed by atoms with Crippen LogP contribution in [0.5, 0.6) is 5.75 Å². The van der Waals surface area contributed by atoms with Crippen molar-refractivity contribution < 1.29 is 22.7 Å². The number of aromatic nitrogens is 1. The van der Waals surface area contributed by atoms with Gasteiger partial charge in [0.05, 0.1) is 16.1 Å². The van der Waals surface area contributed by atoms with E-state index in [-0.39, 0.29) is 22.1 Å². The fourth-order valence-corrected chi connectivity index (χ4v) is 3.48. The first kappa shape index (κ1) is 17.9. The summed E-state index contributed by atoms with van der Waals surface area (Å²) >= 11 is 0. The van der Waals surface area contributed by atoms with Gasteiger partial charge in [-0.1, -0.05) is 6.92 Å². The van der Waals surface area contributed by atoms with Gasteiger partial charge in [-0.2, -0.15) is 0 Å². The second kappa shape index (κ2) is 6.75. The summed E-state index contributed by atoms with van der Waals surface area (Å²) < 4.78 is 32.5. The lowest BCUT2D eigenvalue weighted by molar-refractivity contribution is -0.123. The molecule has 0 fully saturated rings. The molecule has 0 unspecified atom stereocenters. The molecule has 9 heteroatoms. The zero-order valence-corrected chi connectivity index (χ0v) is 15.0. The number of nitrogens with zero attached hydrogens (tertiary/aromatic N) is 1. The molecule has 0 saturated carbocycles. The largest absolute Gasteiger partial charge is 0.478 e. The van der Waals surface area contributed by atoms with Crippen molar-refractivity contribution in [2.24, 2.45) is 0 Å². The number of anilines is 1. The number of hydrogen-bond donors (Lipinski definition) is 2. The molecule has 0 spiro atoms. The zero-order chi connectivity index (χ0) is 18.9. The molecule has 2 N–H and O–H groups in total. The van der Waals surface area contributed by atoms with E-state index in [0.29, 0.717) is 12.2 Å². The molecular formula is C17H17N3O5S. The summed E-state index contributed by atoms with van der Waals surface area (Å²) in [4.78, 5) is 27.8. The van der Waals surface area contributed by atoms with Gasteiger partial charge < -0.3 is 10.1 Å². The number of nitrogens with one attached hydrogen (secondary N) is 2. The highest BCUT2D eigenvalue weighted by atomic mass is 32.2. The Kier molecular flexibility index (Phi) is 4.64. The van der Waals surface area contributed by atoms with E-state index >= 15 is 0 Å². The smallest absolute Gasteiger partial charge is 0.266 e. The lowest BCUT2D eigenvalue weighted by Crippen LogP contribution is -2.36. The van der Waals surface area contributed by atoms with Gasteiger partial charge in [0.25, 0.3) is 21.8 Å². The van der Waals surface area contributed by atoms with Crippen LogP contribution in [0.4, 0.5) is 5.69 Å². The second-order valence-electron chi connectivity index (χ2n) is 5.85. The van der Waals surface area contributed by atoms with Gasteiger partial charge >= 0.3 is 0 Å². The van der Waals surface area contributed by atoms with Crippen LogP contribution in [-0.4, -0.2) is 31.3 Å². The Labute approximate surface area is 150 Å². The van der Waals surface area contributed by atoms with Crippen LogP contribution < -0.4 is 14.8 Å². The number of aryl methyl sites for hydroxylation is 1. The summed E-state index contributed by atoms with van der Waals surface area (Å²) in [6.45, 7) is 3.55. The normalized spacial score (nSPS) is 16.2. The quantitative estimate of drug-likeness (QED) is 0.839. The predicted octanol–water partition coefficient (Wildman–Crippen LogP) is 1.62. The average molecular weight is 375 g/mol. The van der Waals surface area contributed by atoms with Gasteiger partial charge in [-0.25, -0.2) is 13.1 Å². The molecule has 0 aliphatic carbocycles. The van der Waals surface area contributed by atoms with E-state index in [1.165, 1.54) is 30.5 Å². The topological polar surface area (TPSA) is 114 Å². The van der Waals surface area contributed by atoms with E-state index in [1.54, 1.807) is 13.1 Å². The SMILES string of the molecule is CC[C@H]1Oc2ccc(S(=O)(=O)NC(=O)c3cncc(C)c3)cc2NC1=O. The standard InChI is InChI=1S/C17H17N3O5S/c1-3-14-17(22)19-13-7-12(4-5-15(13)25-14)26(23,24)20-16(21)11-6-10(2)8-18-9-11/h4-9,14H,3H2,1-2H3,(H,19,22)(H,20,21)/t14-/m1/s1. The Balaban J connectivity index is 1.85. The molecule has 136 valence electrons. The lowest BCUT2D eigenvalue weighted by atomic mass is 10.2. The number of hydrogen-bond acceptors (Lipinski definition) is 6. The number of rotatable bonds is 4. The molecule has 1 aromatic carbocycles. The van der Waals surface area contributed by atoms with E-state index < -0.39 is 22.0 Å². The van der Waals surface area contributed by atoms with Crippen LogP contribution in [-0.2, 0) is 14.8 Å². The number of fused-ring (bicyclic) bond motifs is 1. The lowest BCUT2D eigenvalue weighted by Gasteiger charge is -2.25. The van der Waals surface area contributed by atoms with Crippen molar-refractivity contribution in [1.82, 2.24) is 9.71 Å². The van der Waals surface area contributed by atoms with Crippen molar-refractivity contribution in [2.75, 3.05) is 5.32 Å². The van der Waals surface area contributed by atoms with Gasteiger partial charge in [-0.15, -0.1) is 0 Å². The molecular weight excluding hydrogens is 358 g/mol. The molecule has 2 aromatic rings. The van der Waals surface area contributed by atoms with E-state index in [9.17, 15) is 18.0 Å². The van der Waals surface area contributed by atoms with Crippen LogP contribution in [0.25, 0.3) is 0 Å². The van der Waals surface area contributed by atoms with Crippen molar-refractivity contribution in [3.05, 3.63) is 47.8 Å². The summed E-state index contributed by atoms with van der Waals surface area (Å²) in [6.07, 6.45) is 2.72. The minimum absolute atomic E-state index is 0.133. The second-order valence-corrected chi connectivity index (χ2v) is 7.53. The van der Waals surface area contributed by atoms with Gasteiger partial charge in [0, 0.05) is 12.4 Å². The highest BCUT2D eigenvalue weighted by Crippen LogP contribution is 2.32. The minimum atomic E-state index is -4.12. The molecule has 3 rings (SSSR count). The fraction of sp³-hybridized carbons (Fsp3) is 0.235. The number of sulfonamides is 1. The molecule has 8 nitrogen and oxygen atoms in total. The molecule has 2 amide bonds. The zero-order valence-electron chi connectivity index (χ0n) is 14.1. The number of carbonyl (C=O) groups is 2. The Morgan fingerprint density at radius 2 is 2.08 bits per heavy atom. The summed E-state index contributed by atoms with van der Waals surface area (Å²) in [5.41, 5.74) is 1.11. The van der Waals surface area contributed by atoms with Gasteiger partial charge in [-0.05, 0) is 43.2 Å². The number of ether oxygens (including phenoxy) is 1. The first-order valence-electron chi connectivity index (χ1n) is 7.90. The van der Waals surface area contributed by atoms with Crippen LogP contribution in [0.2, 0.25) is 0 Å². The Hall–Kier alpha value is -2.94. The molecule has 0 bridgehead atoms. The Bertz CT molecular complexity index is 988. The maximum Gasteiger partial charge on any atom is 0.266 e. The Morgan fingerprint density at radius 1 is 1.31 bits per heavy atom. The molecule has 0 saturated heterocycles. The molecule has 1 atom stereocenters. The minimum Gasteiger partial charge on any atom is -0.478 e. The van der Waals surface area contributed by atoms with E-state index in [2.05, 4.69) is 10.3 Å². The maximum absolute atomic E-state index is 12.5. The van der Waals surface area contributed by atoms with Crippen molar-refractivity contribution in [1.29, 1.82) is 0 Å². The molecule has 1 aliphatic rings. The number of benzene rings is 1. The Morgan fingerprint density at radius 3 is 2.77 bits per heavy atom. The van der Waals surface area contributed by atoms with Crippen LogP contribution in [0.1, 0.15) is 29.3 Å². The van der Waals surface area contributed by atoms with Crippen molar-refractivity contribution in [3.63, 3.8) is 0 Å². The number of amides is 2. The highest BCUT2D eigenvalue weighted by Gasteiger charge is 2.28. The summed E-state index contributed by atoms with van der Waals surface area (Å²) in [6, 6.07) is 5.55. The van der Waals surface area contributed by atoms with Crippen LogP contribution in [0.3, 0.4) is 0 Å². The monoisotopic (exact) mass is 375 g/mol. The first-order valence-corrected chi connectivity index (χ1v) is 9.39. The maximum atomic E-state index is 12.5. The van der Waals surface area contributed by atoms with E-state index in [1.807, 2.05) is 11.6 Å². The van der Waals surface area contributed by atoms with Gasteiger partial charge in [0.1, 0.15) is 5.75 Å². The van der Waals surface area contributed by atoms with Crippen molar-refractivity contribution in [2.45, 2.75) is 31.3 Å². The van der Waals surface area contributed by atoms with E-state index in [4.69, 9.17) is 4.74 Å². The first-order chi connectivity index (χ1) is 12.3. The third kappa shape index (κ3) is 3.52. The summed E-state index contributed by atoms with van der Waals surface area (Å²) in [5.74, 6) is -0.751. The number of pyridine rings is 1. The third-order valence-corrected chi connectivity index (χ3v) is 5.14. The van der Waals surface area contributed by atoms with Gasteiger partial charge in [0.2, 0.25) is 0 Å². The molecule has 1 aliphatic heterocycles. The van der Waals surface area contributed by atoms with Crippen LogP contribution in [0.15, 0.2) is 41.6 Å². The van der Waals surface area contributed by atoms with Crippen LogP contribution in [0, 0.1) is 6.92 Å². The van der Waals surface area contributed by atoms with Crippen molar-refractivity contribution in [3.8, 4) is 5.75 Å². The van der Waals surface area contributed by atoms with E-state index in [0.717, 1.165) is 5.56 Å².